The Balaban J connectivity index is 2.23. The van der Waals surface area contributed by atoms with Gasteiger partial charge >= 0.3 is 0 Å². The molecule has 0 bridgehead atoms. The summed E-state index contributed by atoms with van der Waals surface area (Å²) in [6.45, 7) is 0. The molecule has 1 heterocycles. The largest absolute Gasteiger partial charge is 0.368 e. The Labute approximate surface area is 102 Å². The van der Waals surface area contributed by atoms with Gasteiger partial charge in [0.1, 0.15) is 5.82 Å². The number of hydrogen-bond donors (Lipinski definition) is 1. The van der Waals surface area contributed by atoms with Crippen molar-refractivity contribution >= 4 is 29.2 Å². The molecule has 6 heteroatoms. The summed E-state index contributed by atoms with van der Waals surface area (Å²) in [5.41, 5.74) is 6.50. The third-order valence-electron chi connectivity index (χ3n) is 1.95. The zero-order valence-electron chi connectivity index (χ0n) is 8.19. The Morgan fingerprint density at radius 1 is 1.00 bits per heavy atom. The van der Waals surface area contributed by atoms with Crippen molar-refractivity contribution in [3.8, 4) is 0 Å². The Kier molecular flexibility index (Phi) is 3.22. The molecule has 0 amide bonds. The minimum atomic E-state index is 0.108. The van der Waals surface area contributed by atoms with Crippen LogP contribution in [0.15, 0.2) is 24.3 Å². The van der Waals surface area contributed by atoms with Crippen molar-refractivity contribution in [3.63, 3.8) is 0 Å². The molecular weight excluding hydrogens is 247 g/mol. The Morgan fingerprint density at radius 3 is 2.31 bits per heavy atom. The highest BCUT2D eigenvalue weighted by atomic mass is 35.5. The van der Waals surface area contributed by atoms with Gasteiger partial charge in [-0.3, -0.25) is 0 Å². The molecular formula is C10H8Cl2N4. The lowest BCUT2D eigenvalue weighted by Gasteiger charge is -2.01. The van der Waals surface area contributed by atoms with E-state index in [-0.39, 0.29) is 11.2 Å². The molecule has 1 aromatic carbocycles. The summed E-state index contributed by atoms with van der Waals surface area (Å²) in [5, 5.41) is 0.799. The van der Waals surface area contributed by atoms with Crippen molar-refractivity contribution in [2.75, 3.05) is 5.73 Å². The van der Waals surface area contributed by atoms with Gasteiger partial charge in [-0.2, -0.15) is 9.97 Å². The highest BCUT2D eigenvalue weighted by molar-refractivity contribution is 6.30. The van der Waals surface area contributed by atoms with Crippen molar-refractivity contribution in [3.05, 3.63) is 46.0 Å². The third kappa shape index (κ3) is 2.81. The van der Waals surface area contributed by atoms with Crippen LogP contribution in [0.2, 0.25) is 10.3 Å². The molecule has 0 radical (unpaired) electrons. The molecule has 0 aliphatic heterocycles. The molecule has 0 saturated heterocycles. The SMILES string of the molecule is Nc1nc(Cl)nc(Cc2ccc(Cl)cc2)n1. The summed E-state index contributed by atoms with van der Waals surface area (Å²) < 4.78 is 0. The smallest absolute Gasteiger partial charge is 0.227 e. The Bertz CT molecular complexity index is 478. The third-order valence-corrected chi connectivity index (χ3v) is 2.37. The van der Waals surface area contributed by atoms with Crippen molar-refractivity contribution < 1.29 is 0 Å². The van der Waals surface area contributed by atoms with E-state index >= 15 is 0 Å². The summed E-state index contributed by atoms with van der Waals surface area (Å²) in [5.74, 6) is 0.670. The van der Waals surface area contributed by atoms with E-state index in [0.29, 0.717) is 17.3 Å². The van der Waals surface area contributed by atoms with E-state index in [4.69, 9.17) is 28.9 Å². The first-order chi connectivity index (χ1) is 7.63. The first-order valence-electron chi connectivity index (χ1n) is 4.54. The fourth-order valence-electron chi connectivity index (χ4n) is 1.27. The van der Waals surface area contributed by atoms with Gasteiger partial charge in [0.15, 0.2) is 0 Å². The van der Waals surface area contributed by atoms with Gasteiger partial charge in [-0.05, 0) is 29.3 Å². The van der Waals surface area contributed by atoms with Crippen LogP contribution in [-0.2, 0) is 6.42 Å². The zero-order valence-corrected chi connectivity index (χ0v) is 9.70. The van der Waals surface area contributed by atoms with Gasteiger partial charge in [0, 0.05) is 11.4 Å². The van der Waals surface area contributed by atoms with Crippen LogP contribution in [0.1, 0.15) is 11.4 Å². The summed E-state index contributed by atoms with van der Waals surface area (Å²) in [6.07, 6.45) is 0.545. The summed E-state index contributed by atoms with van der Waals surface area (Å²) >= 11 is 11.5. The molecule has 82 valence electrons. The van der Waals surface area contributed by atoms with Gasteiger partial charge in [0.25, 0.3) is 0 Å². The van der Waals surface area contributed by atoms with Crippen molar-refractivity contribution in [2.24, 2.45) is 0 Å². The van der Waals surface area contributed by atoms with Gasteiger partial charge in [0.2, 0.25) is 11.2 Å². The second-order valence-electron chi connectivity index (χ2n) is 3.18. The lowest BCUT2D eigenvalue weighted by molar-refractivity contribution is 0.929. The molecule has 4 nitrogen and oxygen atoms in total. The van der Waals surface area contributed by atoms with Crippen LogP contribution in [0.3, 0.4) is 0 Å². The molecule has 16 heavy (non-hydrogen) atoms. The Hall–Kier alpha value is -1.39. The molecule has 0 aliphatic carbocycles. The molecule has 0 aliphatic rings. The molecule has 1 aromatic heterocycles. The van der Waals surface area contributed by atoms with Gasteiger partial charge in [0.05, 0.1) is 0 Å². The molecule has 0 unspecified atom stereocenters. The molecule has 0 spiro atoms. The summed E-state index contributed by atoms with van der Waals surface area (Å²) in [4.78, 5) is 11.7. The number of nitrogens with two attached hydrogens (primary N) is 1. The van der Waals surface area contributed by atoms with Crippen LogP contribution in [0, 0.1) is 0 Å². The number of anilines is 1. The fraction of sp³-hybridized carbons (Fsp3) is 0.100. The van der Waals surface area contributed by atoms with E-state index in [0.717, 1.165) is 5.56 Å². The first-order valence-corrected chi connectivity index (χ1v) is 5.29. The maximum atomic E-state index is 5.78. The average molecular weight is 255 g/mol. The first kappa shape index (κ1) is 11.1. The van der Waals surface area contributed by atoms with Gasteiger partial charge in [-0.15, -0.1) is 0 Å². The number of benzene rings is 1. The van der Waals surface area contributed by atoms with Crippen LogP contribution in [0.4, 0.5) is 5.95 Å². The highest BCUT2D eigenvalue weighted by Crippen LogP contribution is 2.13. The van der Waals surface area contributed by atoms with Crippen LogP contribution >= 0.6 is 23.2 Å². The maximum Gasteiger partial charge on any atom is 0.227 e. The number of nitrogens with zero attached hydrogens (tertiary/aromatic N) is 3. The van der Waals surface area contributed by atoms with Crippen LogP contribution in [-0.4, -0.2) is 15.0 Å². The lowest BCUT2D eigenvalue weighted by Crippen LogP contribution is -2.03. The lowest BCUT2D eigenvalue weighted by atomic mass is 10.1. The van der Waals surface area contributed by atoms with Crippen molar-refractivity contribution in [1.82, 2.24) is 15.0 Å². The highest BCUT2D eigenvalue weighted by Gasteiger charge is 2.03. The summed E-state index contributed by atoms with van der Waals surface area (Å²) in [6, 6.07) is 7.42. The van der Waals surface area contributed by atoms with Crippen molar-refractivity contribution in [2.45, 2.75) is 6.42 Å². The quantitative estimate of drug-likeness (QED) is 0.894. The number of nitrogen functional groups attached to an aromatic ring is 1. The van der Waals surface area contributed by atoms with Gasteiger partial charge in [-0.25, -0.2) is 4.98 Å². The summed E-state index contributed by atoms with van der Waals surface area (Å²) in [7, 11) is 0. The van der Waals surface area contributed by atoms with Gasteiger partial charge in [-0.1, -0.05) is 23.7 Å². The van der Waals surface area contributed by atoms with E-state index in [1.165, 1.54) is 0 Å². The molecule has 0 saturated carbocycles. The molecule has 2 N–H and O–H groups in total. The van der Waals surface area contributed by atoms with Crippen LogP contribution < -0.4 is 5.73 Å². The number of aromatic nitrogens is 3. The predicted octanol–water partition coefficient (Wildman–Crippen LogP) is 2.35. The number of hydrogen-bond acceptors (Lipinski definition) is 4. The fourth-order valence-corrected chi connectivity index (χ4v) is 1.58. The zero-order chi connectivity index (χ0) is 11.5. The number of rotatable bonds is 2. The maximum absolute atomic E-state index is 5.78. The van der Waals surface area contributed by atoms with E-state index in [1.54, 1.807) is 0 Å². The van der Waals surface area contributed by atoms with E-state index in [1.807, 2.05) is 24.3 Å². The van der Waals surface area contributed by atoms with Gasteiger partial charge < -0.3 is 5.73 Å². The average Bonchev–Trinajstić information content (AvgIpc) is 2.20. The van der Waals surface area contributed by atoms with E-state index in [2.05, 4.69) is 15.0 Å². The minimum absolute atomic E-state index is 0.108. The second-order valence-corrected chi connectivity index (χ2v) is 3.96. The topological polar surface area (TPSA) is 64.7 Å². The van der Waals surface area contributed by atoms with Crippen LogP contribution in [0.5, 0.6) is 0 Å². The predicted molar refractivity (Wildman–Crippen MR) is 63.5 cm³/mol. The van der Waals surface area contributed by atoms with E-state index in [9.17, 15) is 0 Å². The molecule has 2 aromatic rings. The molecule has 0 fully saturated rings. The monoisotopic (exact) mass is 254 g/mol. The molecule has 0 atom stereocenters. The number of halogens is 2. The van der Waals surface area contributed by atoms with E-state index < -0.39 is 0 Å². The Morgan fingerprint density at radius 2 is 1.69 bits per heavy atom. The van der Waals surface area contributed by atoms with Crippen LogP contribution in [0.25, 0.3) is 0 Å². The molecule has 2 rings (SSSR count). The van der Waals surface area contributed by atoms with Crippen molar-refractivity contribution in [1.29, 1.82) is 0 Å². The standard InChI is InChI=1S/C10H8Cl2N4/c11-7-3-1-6(2-4-7)5-8-14-9(12)16-10(13)15-8/h1-4H,5H2,(H2,13,14,15,16). The second kappa shape index (κ2) is 4.63. The normalized spacial score (nSPS) is 10.4. The minimum Gasteiger partial charge on any atom is -0.368 e.